The van der Waals surface area contributed by atoms with E-state index in [1.807, 2.05) is 27.7 Å². The van der Waals surface area contributed by atoms with Crippen molar-refractivity contribution in [3.63, 3.8) is 0 Å². The van der Waals surface area contributed by atoms with Crippen LogP contribution in [0.4, 0.5) is 0 Å². The van der Waals surface area contributed by atoms with E-state index >= 15 is 0 Å². The lowest BCUT2D eigenvalue weighted by atomic mass is 9.97. The van der Waals surface area contributed by atoms with Crippen LogP contribution < -0.4 is 9.86 Å². The maximum Gasteiger partial charge on any atom is 0.336 e. The van der Waals surface area contributed by atoms with Gasteiger partial charge in [0.25, 0.3) is 0 Å². The Hall–Kier alpha value is -0.260. The van der Waals surface area contributed by atoms with Crippen molar-refractivity contribution >= 4 is 20.6 Å². The van der Waals surface area contributed by atoms with Gasteiger partial charge in [-0.15, -0.1) is 0 Å². The number of nitrogens with one attached hydrogen (secondary N) is 1. The third-order valence-electron chi connectivity index (χ3n) is 3.60. The molecule has 0 amide bonds. The second-order valence-electron chi connectivity index (χ2n) is 5.66. The number of hydrogen-bond acceptors (Lipinski definition) is 6. The minimum atomic E-state index is -3.73. The molecule has 1 aliphatic rings. The molecule has 1 saturated heterocycles. The molecule has 1 heterocycles. The van der Waals surface area contributed by atoms with Gasteiger partial charge >= 0.3 is 20.6 Å². The molecule has 2 atom stereocenters. The summed E-state index contributed by atoms with van der Waals surface area (Å²) < 4.78 is 53.6. The summed E-state index contributed by atoms with van der Waals surface area (Å²) in [5, 5.41) is 4.61. The van der Waals surface area contributed by atoms with Crippen molar-refractivity contribution < 1.29 is 25.2 Å². The summed E-state index contributed by atoms with van der Waals surface area (Å²) in [6.07, 6.45) is 3.28. The summed E-state index contributed by atoms with van der Waals surface area (Å²) in [6.45, 7) is 8.39. The molecule has 0 saturated carbocycles. The van der Waals surface area contributed by atoms with E-state index in [9.17, 15) is 16.8 Å². The van der Waals surface area contributed by atoms with E-state index in [-0.39, 0.29) is 12.1 Å². The lowest BCUT2D eigenvalue weighted by Crippen LogP contribution is -2.50. The van der Waals surface area contributed by atoms with Gasteiger partial charge in [0.05, 0.1) is 13.2 Å². The molecule has 0 aliphatic carbocycles. The fraction of sp³-hybridized carbons (Fsp3) is 1.00. The second-order valence-corrected chi connectivity index (χ2v) is 8.23. The van der Waals surface area contributed by atoms with Crippen LogP contribution in [-0.2, 0) is 29.0 Å². The van der Waals surface area contributed by atoms with E-state index in [1.165, 1.54) is 0 Å². The molecule has 0 aromatic rings. The van der Waals surface area contributed by atoms with Crippen molar-refractivity contribution in [3.05, 3.63) is 0 Å². The smallest absolute Gasteiger partial charge is 0.258 e. The summed E-state index contributed by atoms with van der Waals surface area (Å²) in [5.41, 5.74) is -0.308. The van der Waals surface area contributed by atoms with E-state index in [1.54, 1.807) is 0 Å². The van der Waals surface area contributed by atoms with Gasteiger partial charge in [0.1, 0.15) is 0 Å². The second kappa shape index (κ2) is 9.14. The molecular weight excluding hydrogens is 332 g/mol. The third kappa shape index (κ3) is 10.5. The van der Waals surface area contributed by atoms with Crippen LogP contribution in [-0.4, -0.2) is 35.6 Å². The van der Waals surface area contributed by atoms with Gasteiger partial charge in [-0.25, -0.2) is 5.14 Å². The number of rotatable bonds is 6. The first kappa shape index (κ1) is 21.7. The first-order chi connectivity index (χ1) is 9.93. The highest BCUT2D eigenvalue weighted by Crippen LogP contribution is 2.20. The van der Waals surface area contributed by atoms with E-state index in [0.29, 0.717) is 12.5 Å². The SMILES string of the molecule is CCC(C)CCOS(N)(=O)=O.CC[C@]1(C)CCOS(=O)(=O)N1. The largest absolute Gasteiger partial charge is 0.336 e. The Balaban J connectivity index is 0.000000401. The van der Waals surface area contributed by atoms with Crippen molar-refractivity contribution in [3.8, 4) is 0 Å². The molecule has 3 N–H and O–H groups in total. The Bertz CT molecular complexity index is 520. The predicted octanol–water partition coefficient (Wildman–Crippen LogP) is 1.05. The first-order valence-corrected chi connectivity index (χ1v) is 10.2. The maximum atomic E-state index is 10.9. The van der Waals surface area contributed by atoms with Crippen LogP contribution in [0.3, 0.4) is 0 Å². The monoisotopic (exact) mass is 360 g/mol. The van der Waals surface area contributed by atoms with E-state index < -0.39 is 20.6 Å². The predicted molar refractivity (Wildman–Crippen MR) is 84.5 cm³/mol. The van der Waals surface area contributed by atoms with Crippen LogP contribution in [0.5, 0.6) is 0 Å². The quantitative estimate of drug-likeness (QED) is 0.729. The normalized spacial score (nSPS) is 25.9. The van der Waals surface area contributed by atoms with Crippen molar-refractivity contribution in [2.45, 2.75) is 58.9 Å². The molecule has 134 valence electrons. The zero-order valence-corrected chi connectivity index (χ0v) is 15.3. The molecule has 0 aromatic carbocycles. The lowest BCUT2D eigenvalue weighted by molar-refractivity contribution is 0.206. The summed E-state index contributed by atoms with van der Waals surface area (Å²) >= 11 is 0. The molecule has 0 bridgehead atoms. The van der Waals surface area contributed by atoms with Crippen molar-refractivity contribution in [2.75, 3.05) is 13.2 Å². The topological polar surface area (TPSA) is 125 Å². The highest BCUT2D eigenvalue weighted by Gasteiger charge is 2.32. The Labute approximate surface area is 134 Å². The molecule has 10 heteroatoms. The first-order valence-electron chi connectivity index (χ1n) is 7.28. The zero-order valence-electron chi connectivity index (χ0n) is 13.7. The zero-order chi connectivity index (χ0) is 17.4. The van der Waals surface area contributed by atoms with Crippen molar-refractivity contribution in [1.82, 2.24) is 4.72 Å². The van der Waals surface area contributed by atoms with Crippen LogP contribution in [0.15, 0.2) is 0 Å². The Morgan fingerprint density at radius 3 is 2.36 bits per heavy atom. The van der Waals surface area contributed by atoms with Crippen LogP contribution in [0, 0.1) is 5.92 Å². The van der Waals surface area contributed by atoms with E-state index in [4.69, 9.17) is 0 Å². The van der Waals surface area contributed by atoms with Crippen molar-refractivity contribution in [2.24, 2.45) is 11.1 Å². The standard InChI is InChI=1S/C6H13NO3S.C6H15NO3S/c1-3-6(2)4-5-10-11(8,9)7-6;1-3-6(2)4-5-10-11(7,8)9/h7H,3-5H2,1-2H3;6H,3-5H2,1-2H3,(H2,7,8,9)/t6-;/m1./s1. The summed E-state index contributed by atoms with van der Waals surface area (Å²) in [5.74, 6) is 0.483. The fourth-order valence-electron chi connectivity index (χ4n) is 1.58. The van der Waals surface area contributed by atoms with Crippen LogP contribution in [0.25, 0.3) is 0 Å². The molecule has 0 radical (unpaired) electrons. The molecule has 1 aliphatic heterocycles. The molecule has 1 fully saturated rings. The van der Waals surface area contributed by atoms with Crippen LogP contribution in [0.2, 0.25) is 0 Å². The van der Waals surface area contributed by atoms with Gasteiger partial charge in [0.2, 0.25) is 0 Å². The molecule has 1 unspecified atom stereocenters. The van der Waals surface area contributed by atoms with E-state index in [2.05, 4.69) is 18.2 Å². The third-order valence-corrected chi connectivity index (χ3v) is 5.31. The summed E-state index contributed by atoms with van der Waals surface area (Å²) in [6, 6.07) is 0. The van der Waals surface area contributed by atoms with E-state index in [0.717, 1.165) is 25.7 Å². The van der Waals surface area contributed by atoms with Crippen LogP contribution in [0.1, 0.15) is 53.4 Å². The van der Waals surface area contributed by atoms with Gasteiger partial charge in [0.15, 0.2) is 0 Å². The average molecular weight is 360 g/mol. The van der Waals surface area contributed by atoms with Crippen molar-refractivity contribution in [1.29, 1.82) is 0 Å². The summed E-state index contributed by atoms with van der Waals surface area (Å²) in [7, 11) is -7.18. The maximum absolute atomic E-state index is 10.9. The van der Waals surface area contributed by atoms with Gasteiger partial charge < -0.3 is 0 Å². The molecule has 0 aromatic heterocycles. The average Bonchev–Trinajstić information content (AvgIpc) is 2.36. The Morgan fingerprint density at radius 1 is 1.41 bits per heavy atom. The molecule has 0 spiro atoms. The van der Waals surface area contributed by atoms with Gasteiger partial charge in [-0.05, 0) is 32.1 Å². The molecule has 22 heavy (non-hydrogen) atoms. The number of nitrogens with two attached hydrogens (primary N) is 1. The highest BCUT2D eigenvalue weighted by molar-refractivity contribution is 7.84. The van der Waals surface area contributed by atoms with Gasteiger partial charge in [-0.2, -0.15) is 21.6 Å². The Kier molecular flexibility index (Phi) is 9.03. The highest BCUT2D eigenvalue weighted by atomic mass is 32.2. The van der Waals surface area contributed by atoms with Crippen LogP contribution >= 0.6 is 0 Å². The molecule has 8 nitrogen and oxygen atoms in total. The van der Waals surface area contributed by atoms with Gasteiger partial charge in [-0.1, -0.05) is 27.2 Å². The summed E-state index contributed by atoms with van der Waals surface area (Å²) in [4.78, 5) is 0. The Morgan fingerprint density at radius 2 is 2.00 bits per heavy atom. The lowest BCUT2D eigenvalue weighted by Gasteiger charge is -2.32. The minimum Gasteiger partial charge on any atom is -0.258 e. The van der Waals surface area contributed by atoms with Gasteiger partial charge in [-0.3, -0.25) is 8.37 Å². The molecule has 1 rings (SSSR count). The molecular formula is C12H28N2O6S2. The van der Waals surface area contributed by atoms with Gasteiger partial charge in [0, 0.05) is 5.54 Å². The number of hydrogen-bond donors (Lipinski definition) is 2. The fourth-order valence-corrected chi connectivity index (χ4v) is 3.12. The minimum absolute atomic E-state index is 0.188.